The fourth-order valence-corrected chi connectivity index (χ4v) is 3.05. The van der Waals surface area contributed by atoms with E-state index in [1.807, 2.05) is 24.3 Å². The van der Waals surface area contributed by atoms with Crippen LogP contribution in [0.1, 0.15) is 71.1 Å². The molecule has 2 rings (SSSR count). The fraction of sp³-hybridized carbons (Fsp3) is 0.545. The van der Waals surface area contributed by atoms with E-state index in [4.69, 9.17) is 4.74 Å². The molecule has 0 aliphatic rings. The second-order valence-electron chi connectivity index (χ2n) is 6.82. The quantitative estimate of drug-likeness (QED) is 0.466. The van der Waals surface area contributed by atoms with E-state index < -0.39 is 0 Å². The zero-order valence-electron chi connectivity index (χ0n) is 16.0. The predicted molar refractivity (Wildman–Crippen MR) is 108 cm³/mol. The summed E-state index contributed by atoms with van der Waals surface area (Å²) in [4.78, 5) is 18.5. The molecule has 0 aliphatic heterocycles. The number of nitrogens with one attached hydrogen (secondary N) is 1. The fourth-order valence-electron chi connectivity index (χ4n) is 3.05. The van der Waals surface area contributed by atoms with E-state index in [0.717, 1.165) is 24.3 Å². The standard InChI is InChI=1S/C22H32N2O2/c1-2-3-4-5-6-7-8-9-10-11-18-26-20-14-12-19(13-15-20)21-22(25)24-17-16-23-21/h12-17H,2-11,18H2,1H3,(H,24,25). The van der Waals surface area contributed by atoms with E-state index in [9.17, 15) is 4.79 Å². The number of ether oxygens (including phenoxy) is 1. The number of hydrogen-bond acceptors (Lipinski definition) is 3. The lowest BCUT2D eigenvalue weighted by molar-refractivity contribution is 0.304. The molecule has 0 atom stereocenters. The smallest absolute Gasteiger partial charge is 0.274 e. The van der Waals surface area contributed by atoms with Crippen molar-refractivity contribution in [1.82, 2.24) is 9.97 Å². The van der Waals surface area contributed by atoms with Crippen LogP contribution in [0.25, 0.3) is 11.3 Å². The van der Waals surface area contributed by atoms with Crippen LogP contribution in [-0.2, 0) is 0 Å². The van der Waals surface area contributed by atoms with E-state index in [2.05, 4.69) is 16.9 Å². The number of aromatic amines is 1. The Hall–Kier alpha value is -2.10. The normalized spacial score (nSPS) is 10.8. The summed E-state index contributed by atoms with van der Waals surface area (Å²) in [6, 6.07) is 7.57. The number of benzene rings is 1. The average Bonchev–Trinajstić information content (AvgIpc) is 2.67. The van der Waals surface area contributed by atoms with Gasteiger partial charge in [-0.3, -0.25) is 4.79 Å². The van der Waals surface area contributed by atoms with Crippen molar-refractivity contribution in [3.8, 4) is 17.0 Å². The van der Waals surface area contributed by atoms with Crippen LogP contribution in [0.15, 0.2) is 41.5 Å². The molecule has 4 heteroatoms. The maximum atomic E-state index is 11.7. The van der Waals surface area contributed by atoms with Crippen LogP contribution in [0, 0.1) is 0 Å². The molecule has 0 saturated carbocycles. The summed E-state index contributed by atoms with van der Waals surface area (Å²) in [5.74, 6) is 0.844. The first-order valence-corrected chi connectivity index (χ1v) is 10.1. The zero-order chi connectivity index (χ0) is 18.5. The van der Waals surface area contributed by atoms with Gasteiger partial charge >= 0.3 is 0 Å². The van der Waals surface area contributed by atoms with Crippen molar-refractivity contribution in [1.29, 1.82) is 0 Å². The van der Waals surface area contributed by atoms with Gasteiger partial charge in [0.25, 0.3) is 5.56 Å². The van der Waals surface area contributed by atoms with Crippen LogP contribution in [0.2, 0.25) is 0 Å². The van der Waals surface area contributed by atoms with Crippen LogP contribution >= 0.6 is 0 Å². The number of unbranched alkanes of at least 4 members (excludes halogenated alkanes) is 9. The highest BCUT2D eigenvalue weighted by Gasteiger charge is 2.04. The maximum Gasteiger partial charge on any atom is 0.274 e. The molecule has 26 heavy (non-hydrogen) atoms. The van der Waals surface area contributed by atoms with Crippen LogP contribution in [0.4, 0.5) is 0 Å². The summed E-state index contributed by atoms with van der Waals surface area (Å²) in [7, 11) is 0. The van der Waals surface area contributed by atoms with E-state index in [1.54, 1.807) is 6.20 Å². The number of hydrogen-bond donors (Lipinski definition) is 1. The van der Waals surface area contributed by atoms with Gasteiger partial charge in [0, 0.05) is 18.0 Å². The van der Waals surface area contributed by atoms with Gasteiger partial charge in [-0.25, -0.2) is 4.98 Å². The summed E-state index contributed by atoms with van der Waals surface area (Å²) < 4.78 is 5.79. The highest BCUT2D eigenvalue weighted by Crippen LogP contribution is 2.18. The molecule has 0 fully saturated rings. The molecule has 0 radical (unpaired) electrons. The van der Waals surface area contributed by atoms with Gasteiger partial charge in [0.2, 0.25) is 0 Å². The lowest BCUT2D eigenvalue weighted by Crippen LogP contribution is -2.09. The Kier molecular flexibility index (Phi) is 9.55. The molecule has 0 unspecified atom stereocenters. The lowest BCUT2D eigenvalue weighted by Gasteiger charge is -2.07. The monoisotopic (exact) mass is 356 g/mol. The molecule has 1 heterocycles. The molecular weight excluding hydrogens is 324 g/mol. The predicted octanol–water partition coefficient (Wildman–Crippen LogP) is 5.74. The second-order valence-corrected chi connectivity index (χ2v) is 6.82. The summed E-state index contributed by atoms with van der Waals surface area (Å²) in [5, 5.41) is 0. The van der Waals surface area contributed by atoms with Crippen molar-refractivity contribution < 1.29 is 4.74 Å². The molecule has 1 N–H and O–H groups in total. The van der Waals surface area contributed by atoms with Gasteiger partial charge in [-0.2, -0.15) is 0 Å². The summed E-state index contributed by atoms with van der Waals surface area (Å²) in [6.45, 7) is 3.01. The molecule has 0 saturated heterocycles. The third kappa shape index (κ3) is 7.42. The first kappa shape index (κ1) is 20.2. The second kappa shape index (κ2) is 12.3. The number of nitrogens with zero attached hydrogens (tertiary/aromatic N) is 1. The Morgan fingerprint density at radius 1 is 0.885 bits per heavy atom. The zero-order valence-corrected chi connectivity index (χ0v) is 16.0. The van der Waals surface area contributed by atoms with E-state index >= 15 is 0 Å². The third-order valence-electron chi connectivity index (χ3n) is 4.60. The molecule has 142 valence electrons. The molecule has 1 aromatic carbocycles. The van der Waals surface area contributed by atoms with Gasteiger partial charge in [-0.05, 0) is 30.7 Å². The largest absolute Gasteiger partial charge is 0.494 e. The average molecular weight is 357 g/mol. The van der Waals surface area contributed by atoms with Crippen LogP contribution in [0.5, 0.6) is 5.75 Å². The summed E-state index contributed by atoms with van der Waals surface area (Å²) in [6.07, 6.45) is 16.4. The van der Waals surface area contributed by atoms with Gasteiger partial charge in [0.15, 0.2) is 0 Å². The minimum Gasteiger partial charge on any atom is -0.494 e. The Bertz CT molecular complexity index is 664. The van der Waals surface area contributed by atoms with Crippen LogP contribution in [-0.4, -0.2) is 16.6 Å². The van der Waals surface area contributed by atoms with Crippen molar-refractivity contribution in [2.24, 2.45) is 0 Å². The lowest BCUT2D eigenvalue weighted by atomic mass is 10.1. The van der Waals surface area contributed by atoms with Gasteiger partial charge < -0.3 is 9.72 Å². The molecule has 1 aromatic heterocycles. The Labute approximate surface area is 157 Å². The van der Waals surface area contributed by atoms with Crippen molar-refractivity contribution in [3.05, 3.63) is 47.0 Å². The van der Waals surface area contributed by atoms with Gasteiger partial charge in [-0.15, -0.1) is 0 Å². The summed E-state index contributed by atoms with van der Waals surface area (Å²) in [5.41, 5.74) is 1.07. The van der Waals surface area contributed by atoms with Gasteiger partial charge in [0.05, 0.1) is 6.61 Å². The Morgan fingerprint density at radius 2 is 1.50 bits per heavy atom. The van der Waals surface area contributed by atoms with E-state index in [-0.39, 0.29) is 5.56 Å². The highest BCUT2D eigenvalue weighted by atomic mass is 16.5. The van der Waals surface area contributed by atoms with Crippen molar-refractivity contribution in [2.45, 2.75) is 71.1 Å². The minimum absolute atomic E-state index is 0.175. The topological polar surface area (TPSA) is 55.0 Å². The van der Waals surface area contributed by atoms with Gasteiger partial charge in [-0.1, -0.05) is 64.7 Å². The maximum absolute atomic E-state index is 11.7. The van der Waals surface area contributed by atoms with Crippen molar-refractivity contribution in [3.63, 3.8) is 0 Å². The molecule has 0 spiro atoms. The van der Waals surface area contributed by atoms with Crippen molar-refractivity contribution >= 4 is 0 Å². The van der Waals surface area contributed by atoms with Crippen LogP contribution in [0.3, 0.4) is 0 Å². The number of H-pyrrole nitrogens is 1. The molecule has 2 aromatic rings. The molecule has 0 bridgehead atoms. The minimum atomic E-state index is -0.175. The van der Waals surface area contributed by atoms with Crippen molar-refractivity contribution in [2.75, 3.05) is 6.61 Å². The Morgan fingerprint density at radius 3 is 2.12 bits per heavy atom. The SMILES string of the molecule is CCCCCCCCCCCCOc1ccc(-c2ncc[nH]c2=O)cc1. The van der Waals surface area contributed by atoms with Crippen LogP contribution < -0.4 is 10.3 Å². The molecule has 4 nitrogen and oxygen atoms in total. The number of aromatic nitrogens is 2. The van der Waals surface area contributed by atoms with E-state index in [1.165, 1.54) is 64.0 Å². The third-order valence-corrected chi connectivity index (χ3v) is 4.60. The summed E-state index contributed by atoms with van der Waals surface area (Å²) >= 11 is 0. The highest BCUT2D eigenvalue weighted by molar-refractivity contribution is 5.58. The first-order chi connectivity index (χ1) is 12.8. The van der Waals surface area contributed by atoms with Gasteiger partial charge in [0.1, 0.15) is 11.4 Å². The molecular formula is C22H32N2O2. The Balaban J connectivity index is 1.56. The van der Waals surface area contributed by atoms with E-state index in [0.29, 0.717) is 5.69 Å². The molecule has 0 aliphatic carbocycles. The molecule has 0 amide bonds. The number of rotatable bonds is 13. The first-order valence-electron chi connectivity index (χ1n) is 10.1.